The number of hydrogen-bond acceptors (Lipinski definition) is 4. The van der Waals surface area contributed by atoms with Crippen LogP contribution in [0.1, 0.15) is 17.2 Å². The fourth-order valence-corrected chi connectivity index (χ4v) is 4.11. The number of rotatable bonds is 5. The second kappa shape index (κ2) is 7.99. The maximum Gasteiger partial charge on any atom is 0.127 e. The molecule has 0 aliphatic carbocycles. The first kappa shape index (κ1) is 17.8. The van der Waals surface area contributed by atoms with Crippen LogP contribution in [-0.4, -0.2) is 45.3 Å². The Morgan fingerprint density at radius 1 is 0.815 bits per heavy atom. The molecule has 1 saturated heterocycles. The molecule has 140 valence electrons. The van der Waals surface area contributed by atoms with Crippen LogP contribution < -0.4 is 14.8 Å². The van der Waals surface area contributed by atoms with Crippen LogP contribution in [0, 0.1) is 0 Å². The molecule has 1 aliphatic rings. The number of fused-ring (bicyclic) bond motifs is 1. The van der Waals surface area contributed by atoms with Crippen LogP contribution in [0.25, 0.3) is 10.8 Å². The second-order valence-corrected chi connectivity index (χ2v) is 6.83. The van der Waals surface area contributed by atoms with Crippen molar-refractivity contribution in [3.8, 4) is 11.5 Å². The van der Waals surface area contributed by atoms with Crippen LogP contribution in [0.3, 0.4) is 0 Å². The van der Waals surface area contributed by atoms with Gasteiger partial charge in [0.05, 0.1) is 25.8 Å². The smallest absolute Gasteiger partial charge is 0.127 e. The normalized spacial score (nSPS) is 16.2. The largest absolute Gasteiger partial charge is 0.496 e. The predicted molar refractivity (Wildman–Crippen MR) is 110 cm³/mol. The number of piperazine rings is 1. The minimum atomic E-state index is 0.0734. The molecular formula is C23H26N2O2. The van der Waals surface area contributed by atoms with Crippen LogP contribution in [0.4, 0.5) is 0 Å². The number of nitrogens with zero attached hydrogens (tertiary/aromatic N) is 1. The van der Waals surface area contributed by atoms with Crippen LogP contribution in [-0.2, 0) is 0 Å². The first-order chi connectivity index (χ1) is 13.3. The molecule has 0 bridgehead atoms. The fraction of sp³-hybridized carbons (Fsp3) is 0.304. The average molecular weight is 362 g/mol. The first-order valence-electron chi connectivity index (χ1n) is 9.47. The van der Waals surface area contributed by atoms with Gasteiger partial charge in [-0.25, -0.2) is 0 Å². The summed E-state index contributed by atoms with van der Waals surface area (Å²) < 4.78 is 11.5. The molecule has 27 heavy (non-hydrogen) atoms. The van der Waals surface area contributed by atoms with Gasteiger partial charge in [-0.05, 0) is 28.5 Å². The lowest BCUT2D eigenvalue weighted by atomic mass is 9.91. The summed E-state index contributed by atoms with van der Waals surface area (Å²) in [5.74, 6) is 1.73. The molecule has 4 nitrogen and oxygen atoms in total. The first-order valence-corrected chi connectivity index (χ1v) is 9.47. The van der Waals surface area contributed by atoms with Gasteiger partial charge in [0.2, 0.25) is 0 Å². The van der Waals surface area contributed by atoms with Crippen LogP contribution >= 0.6 is 0 Å². The molecule has 1 N–H and O–H groups in total. The van der Waals surface area contributed by atoms with Gasteiger partial charge in [-0.2, -0.15) is 0 Å². The Kier molecular flexibility index (Phi) is 5.28. The molecular weight excluding hydrogens is 336 g/mol. The summed E-state index contributed by atoms with van der Waals surface area (Å²) in [5, 5.41) is 5.99. The van der Waals surface area contributed by atoms with Crippen molar-refractivity contribution in [3.63, 3.8) is 0 Å². The highest BCUT2D eigenvalue weighted by Gasteiger charge is 2.30. The molecule has 0 aromatic heterocycles. The zero-order chi connectivity index (χ0) is 18.6. The molecule has 3 aromatic carbocycles. The molecule has 1 fully saturated rings. The summed E-state index contributed by atoms with van der Waals surface area (Å²) in [5.41, 5.74) is 2.39. The Labute approximate surface area is 160 Å². The lowest BCUT2D eigenvalue weighted by Crippen LogP contribution is -2.45. The number of hydrogen-bond donors (Lipinski definition) is 1. The fourth-order valence-electron chi connectivity index (χ4n) is 4.11. The van der Waals surface area contributed by atoms with Gasteiger partial charge in [-0.15, -0.1) is 0 Å². The minimum absolute atomic E-state index is 0.0734. The Hall–Kier alpha value is -2.56. The molecule has 0 saturated carbocycles. The van der Waals surface area contributed by atoms with E-state index in [1.165, 1.54) is 16.3 Å². The Balaban J connectivity index is 1.96. The maximum absolute atomic E-state index is 5.77. The van der Waals surface area contributed by atoms with Gasteiger partial charge in [0, 0.05) is 26.2 Å². The SMILES string of the molecule is COc1cccc(OC)c1C(c1cccc2ccccc12)N1CCNCC1. The molecule has 0 radical (unpaired) electrons. The zero-order valence-corrected chi connectivity index (χ0v) is 15.9. The highest BCUT2D eigenvalue weighted by atomic mass is 16.5. The van der Waals surface area contributed by atoms with Gasteiger partial charge in [-0.3, -0.25) is 4.90 Å². The molecule has 0 spiro atoms. The molecule has 1 atom stereocenters. The number of nitrogens with one attached hydrogen (secondary N) is 1. The summed E-state index contributed by atoms with van der Waals surface area (Å²) >= 11 is 0. The van der Waals surface area contributed by atoms with Gasteiger partial charge < -0.3 is 14.8 Å². The van der Waals surface area contributed by atoms with E-state index < -0.39 is 0 Å². The third-order valence-corrected chi connectivity index (χ3v) is 5.37. The van der Waals surface area contributed by atoms with E-state index in [1.54, 1.807) is 14.2 Å². The average Bonchev–Trinajstić information content (AvgIpc) is 2.75. The van der Waals surface area contributed by atoms with Gasteiger partial charge in [0.15, 0.2) is 0 Å². The molecule has 1 heterocycles. The van der Waals surface area contributed by atoms with Gasteiger partial charge in [0.25, 0.3) is 0 Å². The summed E-state index contributed by atoms with van der Waals surface area (Å²) in [6, 6.07) is 21.3. The molecule has 1 aliphatic heterocycles. The van der Waals surface area contributed by atoms with Crippen LogP contribution in [0.5, 0.6) is 11.5 Å². The summed E-state index contributed by atoms with van der Waals surface area (Å²) in [4.78, 5) is 2.53. The number of ether oxygens (including phenoxy) is 2. The van der Waals surface area contributed by atoms with Crippen molar-refractivity contribution in [1.82, 2.24) is 10.2 Å². The van der Waals surface area contributed by atoms with Crippen molar-refractivity contribution in [2.75, 3.05) is 40.4 Å². The van der Waals surface area contributed by atoms with E-state index in [0.29, 0.717) is 0 Å². The molecule has 3 aromatic rings. The molecule has 4 heteroatoms. The van der Waals surface area contributed by atoms with E-state index in [2.05, 4.69) is 52.7 Å². The predicted octanol–water partition coefficient (Wildman–Crippen LogP) is 3.85. The minimum Gasteiger partial charge on any atom is -0.496 e. The highest BCUT2D eigenvalue weighted by molar-refractivity contribution is 5.86. The Morgan fingerprint density at radius 2 is 1.44 bits per heavy atom. The maximum atomic E-state index is 5.77. The van der Waals surface area contributed by atoms with E-state index in [9.17, 15) is 0 Å². The Bertz CT molecular complexity index is 892. The zero-order valence-electron chi connectivity index (χ0n) is 15.9. The van der Waals surface area contributed by atoms with Crippen LogP contribution in [0.15, 0.2) is 60.7 Å². The number of methoxy groups -OCH3 is 2. The van der Waals surface area contributed by atoms with Gasteiger partial charge >= 0.3 is 0 Å². The molecule has 0 amide bonds. The lowest BCUT2D eigenvalue weighted by molar-refractivity contribution is 0.193. The summed E-state index contributed by atoms with van der Waals surface area (Å²) in [6.45, 7) is 3.93. The van der Waals surface area contributed by atoms with Crippen LogP contribution in [0.2, 0.25) is 0 Å². The number of benzene rings is 3. The monoisotopic (exact) mass is 362 g/mol. The Morgan fingerprint density at radius 3 is 2.15 bits per heavy atom. The lowest BCUT2D eigenvalue weighted by Gasteiger charge is -2.37. The standard InChI is InChI=1S/C23H26N2O2/c1-26-20-11-6-12-21(27-2)22(20)23(25-15-13-24-14-16-25)19-10-5-8-17-7-3-4-9-18(17)19/h3-12,23-24H,13-16H2,1-2H3. The third kappa shape index (κ3) is 3.38. The van der Waals surface area contributed by atoms with Crippen molar-refractivity contribution >= 4 is 10.8 Å². The highest BCUT2D eigenvalue weighted by Crippen LogP contribution is 2.42. The third-order valence-electron chi connectivity index (χ3n) is 5.37. The molecule has 4 rings (SSSR count). The van der Waals surface area contributed by atoms with E-state index in [4.69, 9.17) is 9.47 Å². The van der Waals surface area contributed by atoms with Gasteiger partial charge in [-0.1, -0.05) is 48.5 Å². The van der Waals surface area contributed by atoms with E-state index in [0.717, 1.165) is 43.2 Å². The summed E-state index contributed by atoms with van der Waals surface area (Å²) in [6.07, 6.45) is 0. The van der Waals surface area contributed by atoms with Crippen molar-refractivity contribution in [2.24, 2.45) is 0 Å². The summed E-state index contributed by atoms with van der Waals surface area (Å²) in [7, 11) is 3.46. The van der Waals surface area contributed by atoms with Gasteiger partial charge in [0.1, 0.15) is 11.5 Å². The van der Waals surface area contributed by atoms with E-state index >= 15 is 0 Å². The quantitative estimate of drug-likeness (QED) is 0.747. The molecule has 1 unspecified atom stereocenters. The van der Waals surface area contributed by atoms with Crippen molar-refractivity contribution in [2.45, 2.75) is 6.04 Å². The van der Waals surface area contributed by atoms with E-state index in [1.807, 2.05) is 18.2 Å². The van der Waals surface area contributed by atoms with Crippen molar-refractivity contribution in [3.05, 3.63) is 71.8 Å². The van der Waals surface area contributed by atoms with Crippen molar-refractivity contribution < 1.29 is 9.47 Å². The van der Waals surface area contributed by atoms with E-state index in [-0.39, 0.29) is 6.04 Å². The van der Waals surface area contributed by atoms with Crippen molar-refractivity contribution in [1.29, 1.82) is 0 Å². The second-order valence-electron chi connectivity index (χ2n) is 6.83. The topological polar surface area (TPSA) is 33.7 Å².